The molecule has 120 valence electrons. The third-order valence-electron chi connectivity index (χ3n) is 2.57. The van der Waals surface area contributed by atoms with E-state index in [1.54, 1.807) is 0 Å². The Morgan fingerprint density at radius 2 is 1.05 bits per heavy atom. The molecule has 0 fully saturated rings. The van der Waals surface area contributed by atoms with Crippen molar-refractivity contribution in [2.75, 3.05) is 13.1 Å². The number of rotatable bonds is 10. The summed E-state index contributed by atoms with van der Waals surface area (Å²) in [5.41, 5.74) is 20.8. The van der Waals surface area contributed by atoms with Gasteiger partial charge in [0.1, 0.15) is 12.1 Å². The van der Waals surface area contributed by atoms with Gasteiger partial charge in [-0.15, -0.1) is 0 Å². The lowest BCUT2D eigenvalue weighted by Crippen LogP contribution is -2.29. The Kier molecular flexibility index (Phi) is 15.0. The highest BCUT2D eigenvalue weighted by Gasteiger charge is 2.09. The number of carboxylic acid groups (broad SMARTS) is 2. The van der Waals surface area contributed by atoms with Crippen LogP contribution in [0.1, 0.15) is 38.5 Å². The van der Waals surface area contributed by atoms with Crippen molar-refractivity contribution in [3.63, 3.8) is 0 Å². The van der Waals surface area contributed by atoms with E-state index < -0.39 is 24.0 Å². The average Bonchev–Trinajstić information content (AvgIpc) is 2.39. The number of carbonyl (C=O) groups is 2. The van der Waals surface area contributed by atoms with Crippen LogP contribution < -0.4 is 22.9 Å². The maximum atomic E-state index is 10.1. The largest absolute Gasteiger partial charge is 0.480 e. The van der Waals surface area contributed by atoms with Gasteiger partial charge in [-0.3, -0.25) is 9.59 Å². The molecule has 20 heavy (non-hydrogen) atoms. The minimum absolute atomic E-state index is 0.520. The van der Waals surface area contributed by atoms with Crippen LogP contribution in [0.2, 0.25) is 0 Å². The molecule has 2 atom stereocenters. The molecule has 8 nitrogen and oxygen atoms in total. The van der Waals surface area contributed by atoms with Gasteiger partial charge >= 0.3 is 11.9 Å². The van der Waals surface area contributed by atoms with Crippen molar-refractivity contribution in [2.24, 2.45) is 22.9 Å². The summed E-state index contributed by atoms with van der Waals surface area (Å²) in [5, 5.41) is 16.7. The first-order chi connectivity index (χ1) is 9.36. The molecule has 0 heterocycles. The van der Waals surface area contributed by atoms with Gasteiger partial charge in [0.25, 0.3) is 0 Å². The van der Waals surface area contributed by atoms with Crippen LogP contribution in [0.15, 0.2) is 0 Å². The Balaban J connectivity index is 0. The summed E-state index contributed by atoms with van der Waals surface area (Å²) >= 11 is 0. The summed E-state index contributed by atoms with van der Waals surface area (Å²) < 4.78 is 0. The van der Waals surface area contributed by atoms with Gasteiger partial charge in [0.2, 0.25) is 0 Å². The van der Waals surface area contributed by atoms with E-state index in [1.807, 2.05) is 0 Å². The second-order valence-electron chi connectivity index (χ2n) is 4.46. The molecule has 1 unspecified atom stereocenters. The first-order valence-corrected chi connectivity index (χ1v) is 6.73. The minimum Gasteiger partial charge on any atom is -0.480 e. The molecule has 0 saturated heterocycles. The second kappa shape index (κ2) is 14.2. The van der Waals surface area contributed by atoms with Gasteiger partial charge in [0.15, 0.2) is 0 Å². The predicted octanol–water partition coefficient (Wildman–Crippen LogP) is -0.945. The molecule has 0 aliphatic rings. The van der Waals surface area contributed by atoms with E-state index in [-0.39, 0.29) is 0 Å². The third-order valence-corrected chi connectivity index (χ3v) is 2.57. The molecule has 0 aromatic rings. The molecule has 0 saturated carbocycles. The SMILES string of the molecule is NCCCCC(N)C(=O)O.NCCCC[C@@H](N)C(=O)O. The fraction of sp³-hybridized carbons (Fsp3) is 0.833. The van der Waals surface area contributed by atoms with Crippen molar-refractivity contribution >= 4 is 11.9 Å². The van der Waals surface area contributed by atoms with Crippen LogP contribution in [0.3, 0.4) is 0 Å². The number of hydrogen-bond donors (Lipinski definition) is 6. The highest BCUT2D eigenvalue weighted by Crippen LogP contribution is 1.97. The Morgan fingerprint density at radius 3 is 1.25 bits per heavy atom. The zero-order chi connectivity index (χ0) is 16.0. The van der Waals surface area contributed by atoms with Crippen LogP contribution >= 0.6 is 0 Å². The molecule has 0 radical (unpaired) electrons. The Bertz CT molecular complexity index is 238. The number of carboxylic acids is 2. The molecule has 0 rings (SSSR count). The van der Waals surface area contributed by atoms with Gasteiger partial charge in [0.05, 0.1) is 0 Å². The molecule has 0 aliphatic carbocycles. The second-order valence-corrected chi connectivity index (χ2v) is 4.46. The van der Waals surface area contributed by atoms with Crippen molar-refractivity contribution in [2.45, 2.75) is 50.6 Å². The molecule has 0 bridgehead atoms. The lowest BCUT2D eigenvalue weighted by Gasteiger charge is -2.03. The summed E-state index contributed by atoms with van der Waals surface area (Å²) in [6, 6.07) is -1.43. The molecule has 0 spiro atoms. The molecule has 8 heteroatoms. The van der Waals surface area contributed by atoms with Crippen molar-refractivity contribution in [1.82, 2.24) is 0 Å². The maximum absolute atomic E-state index is 10.1. The lowest BCUT2D eigenvalue weighted by atomic mass is 10.1. The summed E-state index contributed by atoms with van der Waals surface area (Å²) in [5.74, 6) is -1.87. The van der Waals surface area contributed by atoms with Gasteiger partial charge in [0, 0.05) is 0 Å². The highest BCUT2D eigenvalue weighted by atomic mass is 16.4. The molecular weight excluding hydrogens is 264 g/mol. The van der Waals surface area contributed by atoms with E-state index in [1.165, 1.54) is 0 Å². The zero-order valence-corrected chi connectivity index (χ0v) is 11.8. The minimum atomic E-state index is -0.933. The molecule has 0 aliphatic heterocycles. The fourth-order valence-corrected chi connectivity index (χ4v) is 1.26. The van der Waals surface area contributed by atoms with E-state index >= 15 is 0 Å². The van der Waals surface area contributed by atoms with Crippen molar-refractivity contribution in [3.8, 4) is 0 Å². The maximum Gasteiger partial charge on any atom is 0.320 e. The predicted molar refractivity (Wildman–Crippen MR) is 77.0 cm³/mol. The Morgan fingerprint density at radius 1 is 0.750 bits per heavy atom. The van der Waals surface area contributed by atoms with Crippen LogP contribution in [-0.2, 0) is 9.59 Å². The van der Waals surface area contributed by atoms with E-state index in [9.17, 15) is 9.59 Å². The van der Waals surface area contributed by atoms with Crippen LogP contribution in [0, 0.1) is 0 Å². The van der Waals surface area contributed by atoms with Crippen LogP contribution in [0.25, 0.3) is 0 Å². The van der Waals surface area contributed by atoms with Crippen molar-refractivity contribution < 1.29 is 19.8 Å². The van der Waals surface area contributed by atoms with E-state index in [2.05, 4.69) is 0 Å². The molecule has 0 aromatic heterocycles. The van der Waals surface area contributed by atoms with E-state index in [0.717, 1.165) is 25.7 Å². The standard InChI is InChI=1S/2C6H14N2O2/c2*7-4-2-1-3-5(8)6(9)10/h2*5H,1-4,7-8H2,(H,9,10)/t5-;/m1./s1. The Labute approximate surface area is 119 Å². The summed E-state index contributed by atoms with van der Waals surface area (Å²) in [4.78, 5) is 20.3. The van der Waals surface area contributed by atoms with Crippen molar-refractivity contribution in [1.29, 1.82) is 0 Å². The lowest BCUT2D eigenvalue weighted by molar-refractivity contribution is -0.139. The number of aliphatic carboxylic acids is 2. The van der Waals surface area contributed by atoms with Gasteiger partial charge in [-0.05, 0) is 38.8 Å². The molecular formula is C12H28N4O4. The fourth-order valence-electron chi connectivity index (χ4n) is 1.26. The normalized spacial score (nSPS) is 13.0. The van der Waals surface area contributed by atoms with Gasteiger partial charge in [-0.2, -0.15) is 0 Å². The summed E-state index contributed by atoms with van der Waals surface area (Å²) in [6.07, 6.45) is 4.33. The van der Waals surface area contributed by atoms with Gasteiger partial charge in [-0.25, -0.2) is 0 Å². The molecule has 10 N–H and O–H groups in total. The number of nitrogens with two attached hydrogens (primary N) is 4. The topological polar surface area (TPSA) is 179 Å². The van der Waals surface area contributed by atoms with Crippen LogP contribution in [0.4, 0.5) is 0 Å². The first kappa shape index (κ1) is 21.1. The molecule has 0 amide bonds. The summed E-state index contributed by atoms with van der Waals surface area (Å²) in [7, 11) is 0. The smallest absolute Gasteiger partial charge is 0.320 e. The molecule has 0 aromatic carbocycles. The summed E-state index contributed by atoms with van der Waals surface area (Å²) in [6.45, 7) is 1.21. The first-order valence-electron chi connectivity index (χ1n) is 6.73. The van der Waals surface area contributed by atoms with E-state index in [4.69, 9.17) is 33.1 Å². The van der Waals surface area contributed by atoms with Crippen molar-refractivity contribution in [3.05, 3.63) is 0 Å². The van der Waals surface area contributed by atoms with Crippen LogP contribution in [0.5, 0.6) is 0 Å². The van der Waals surface area contributed by atoms with Gasteiger partial charge in [-0.1, -0.05) is 12.8 Å². The van der Waals surface area contributed by atoms with Crippen LogP contribution in [-0.4, -0.2) is 47.3 Å². The number of hydrogen-bond acceptors (Lipinski definition) is 6. The monoisotopic (exact) mass is 292 g/mol. The average molecular weight is 292 g/mol. The Hall–Kier alpha value is -1.22. The highest BCUT2D eigenvalue weighted by molar-refractivity contribution is 5.73. The number of unbranched alkanes of at least 4 members (excludes halogenated alkanes) is 2. The third kappa shape index (κ3) is 14.8. The van der Waals surface area contributed by atoms with E-state index in [0.29, 0.717) is 25.9 Å². The zero-order valence-electron chi connectivity index (χ0n) is 11.8. The van der Waals surface area contributed by atoms with Gasteiger partial charge < -0.3 is 33.1 Å². The quantitative estimate of drug-likeness (QED) is 0.279.